The molecule has 1 aromatic heterocycles. The van der Waals surface area contributed by atoms with Crippen LogP contribution < -0.4 is 15.5 Å². The molecular formula is C20H29N5O2. The van der Waals surface area contributed by atoms with Gasteiger partial charge in [0.1, 0.15) is 0 Å². The van der Waals surface area contributed by atoms with Crippen LogP contribution in [0.2, 0.25) is 0 Å². The van der Waals surface area contributed by atoms with Crippen LogP contribution in [0.15, 0.2) is 18.2 Å². The molecule has 2 heterocycles. The minimum Gasteiger partial charge on any atom is -0.359 e. The molecule has 2 N–H and O–H groups in total. The summed E-state index contributed by atoms with van der Waals surface area (Å²) < 4.78 is 1.82. The average molecular weight is 371 g/mol. The van der Waals surface area contributed by atoms with Crippen LogP contribution in [0.1, 0.15) is 44.6 Å². The molecule has 1 atom stereocenters. The Labute approximate surface area is 160 Å². The number of aryl methyl sites for hydroxylation is 1. The SMILES string of the molecule is CNC(=O)CCN(C=O)c1nn(C)c2cc(C3CCNC(C)(C)C3)ccc12. The molecule has 1 saturated heterocycles. The molecule has 27 heavy (non-hydrogen) atoms. The van der Waals surface area contributed by atoms with Gasteiger partial charge in [0.15, 0.2) is 5.82 Å². The first kappa shape index (κ1) is 19.4. The summed E-state index contributed by atoms with van der Waals surface area (Å²) >= 11 is 0. The van der Waals surface area contributed by atoms with Gasteiger partial charge in [-0.05, 0) is 56.8 Å². The third-order valence-electron chi connectivity index (χ3n) is 5.44. The second kappa shape index (κ2) is 7.68. The van der Waals surface area contributed by atoms with Crippen molar-refractivity contribution in [1.29, 1.82) is 0 Å². The molecule has 1 aliphatic rings. The van der Waals surface area contributed by atoms with Crippen molar-refractivity contribution in [3.63, 3.8) is 0 Å². The standard InChI is InChI=1S/C20H29N5O2/c1-20(2)12-15(7-9-22-20)14-5-6-16-17(11-14)24(4)23-19(16)25(13-26)10-8-18(27)21-3/h5-6,11,13,15,22H,7-10,12H2,1-4H3,(H,21,27). The molecule has 0 saturated carbocycles. The van der Waals surface area contributed by atoms with Gasteiger partial charge in [-0.1, -0.05) is 6.07 Å². The summed E-state index contributed by atoms with van der Waals surface area (Å²) in [6.07, 6.45) is 3.20. The molecule has 0 spiro atoms. The predicted octanol–water partition coefficient (Wildman–Crippen LogP) is 1.92. The lowest BCUT2D eigenvalue weighted by atomic mass is 9.80. The molecular weight excluding hydrogens is 342 g/mol. The highest BCUT2D eigenvalue weighted by molar-refractivity contribution is 5.96. The molecule has 7 nitrogen and oxygen atoms in total. The maximum Gasteiger partial charge on any atom is 0.221 e. The number of nitrogens with one attached hydrogen (secondary N) is 2. The summed E-state index contributed by atoms with van der Waals surface area (Å²) in [7, 11) is 3.48. The van der Waals surface area contributed by atoms with Crippen molar-refractivity contribution >= 4 is 29.0 Å². The van der Waals surface area contributed by atoms with Gasteiger partial charge in [0.25, 0.3) is 0 Å². The number of piperidine rings is 1. The Morgan fingerprint density at radius 2 is 2.26 bits per heavy atom. The summed E-state index contributed by atoms with van der Waals surface area (Å²) in [4.78, 5) is 24.6. The van der Waals surface area contributed by atoms with Gasteiger partial charge >= 0.3 is 0 Å². The lowest BCUT2D eigenvalue weighted by Gasteiger charge is -2.36. The van der Waals surface area contributed by atoms with Crippen LogP contribution in [-0.2, 0) is 16.6 Å². The molecule has 1 unspecified atom stereocenters. The molecule has 1 fully saturated rings. The van der Waals surface area contributed by atoms with Crippen molar-refractivity contribution in [1.82, 2.24) is 20.4 Å². The largest absolute Gasteiger partial charge is 0.359 e. The normalized spacial score (nSPS) is 19.0. The van der Waals surface area contributed by atoms with Gasteiger partial charge in [-0.2, -0.15) is 5.10 Å². The molecule has 1 aromatic carbocycles. The first-order valence-corrected chi connectivity index (χ1v) is 9.49. The molecule has 0 bridgehead atoms. The van der Waals surface area contributed by atoms with E-state index in [0.717, 1.165) is 36.7 Å². The fraction of sp³-hybridized carbons (Fsp3) is 0.550. The number of aromatic nitrogens is 2. The Bertz CT molecular complexity index is 842. The molecule has 3 rings (SSSR count). The summed E-state index contributed by atoms with van der Waals surface area (Å²) in [5.41, 5.74) is 2.46. The fourth-order valence-electron chi connectivity index (χ4n) is 3.94. The minimum atomic E-state index is -0.0992. The highest BCUT2D eigenvalue weighted by Gasteiger charge is 2.28. The molecule has 7 heteroatoms. The molecule has 2 aromatic rings. The highest BCUT2D eigenvalue weighted by Crippen LogP contribution is 2.35. The van der Waals surface area contributed by atoms with E-state index < -0.39 is 0 Å². The van der Waals surface area contributed by atoms with Gasteiger partial charge in [-0.3, -0.25) is 19.2 Å². The van der Waals surface area contributed by atoms with Crippen molar-refractivity contribution in [3.8, 4) is 0 Å². The Hall–Kier alpha value is -2.41. The lowest BCUT2D eigenvalue weighted by molar-refractivity contribution is -0.120. The lowest BCUT2D eigenvalue weighted by Crippen LogP contribution is -2.45. The third-order valence-corrected chi connectivity index (χ3v) is 5.44. The molecule has 1 aliphatic heterocycles. The summed E-state index contributed by atoms with van der Waals surface area (Å²) in [5.74, 6) is 1.01. The van der Waals surface area contributed by atoms with E-state index >= 15 is 0 Å². The molecule has 0 radical (unpaired) electrons. The summed E-state index contributed by atoms with van der Waals surface area (Å²) in [6.45, 7) is 5.81. The average Bonchev–Trinajstić information content (AvgIpc) is 2.97. The Morgan fingerprint density at radius 1 is 1.48 bits per heavy atom. The number of carbonyl (C=O) groups is 2. The number of rotatable bonds is 6. The van der Waals surface area contributed by atoms with Gasteiger partial charge in [0.05, 0.1) is 5.52 Å². The number of nitrogens with zero attached hydrogens (tertiary/aromatic N) is 3. The topological polar surface area (TPSA) is 79.3 Å². The van der Waals surface area contributed by atoms with Crippen LogP contribution in [0, 0.1) is 0 Å². The molecule has 2 amide bonds. The quantitative estimate of drug-likeness (QED) is 0.761. The zero-order chi connectivity index (χ0) is 19.6. The number of amides is 2. The second-order valence-electron chi connectivity index (χ2n) is 7.95. The first-order valence-electron chi connectivity index (χ1n) is 9.49. The van der Waals surface area contributed by atoms with E-state index in [1.54, 1.807) is 7.05 Å². The van der Waals surface area contributed by atoms with Crippen LogP contribution in [0.3, 0.4) is 0 Å². The maximum atomic E-state index is 11.6. The van der Waals surface area contributed by atoms with Crippen LogP contribution in [-0.4, -0.2) is 47.8 Å². The highest BCUT2D eigenvalue weighted by atomic mass is 16.2. The van der Waals surface area contributed by atoms with Crippen molar-refractivity contribution in [2.24, 2.45) is 7.05 Å². The second-order valence-corrected chi connectivity index (χ2v) is 7.95. The molecule has 146 valence electrons. The van der Waals surface area contributed by atoms with Crippen LogP contribution in [0.5, 0.6) is 0 Å². The van der Waals surface area contributed by atoms with E-state index in [2.05, 4.69) is 47.8 Å². The zero-order valence-corrected chi connectivity index (χ0v) is 16.6. The van der Waals surface area contributed by atoms with E-state index in [4.69, 9.17) is 0 Å². The van der Waals surface area contributed by atoms with Crippen molar-refractivity contribution < 1.29 is 9.59 Å². The van der Waals surface area contributed by atoms with Crippen molar-refractivity contribution in [3.05, 3.63) is 23.8 Å². The number of hydrogen-bond acceptors (Lipinski definition) is 4. The number of carbonyl (C=O) groups excluding carboxylic acids is 2. The van der Waals surface area contributed by atoms with E-state index in [9.17, 15) is 9.59 Å². The van der Waals surface area contributed by atoms with Gasteiger partial charge in [0, 0.05) is 38.0 Å². The van der Waals surface area contributed by atoms with E-state index in [-0.39, 0.29) is 17.9 Å². The van der Waals surface area contributed by atoms with Gasteiger partial charge in [-0.25, -0.2) is 0 Å². The zero-order valence-electron chi connectivity index (χ0n) is 16.6. The van der Waals surface area contributed by atoms with Gasteiger partial charge in [-0.15, -0.1) is 0 Å². The van der Waals surface area contributed by atoms with E-state index in [0.29, 0.717) is 18.3 Å². The fourth-order valence-corrected chi connectivity index (χ4v) is 3.94. The number of hydrogen-bond donors (Lipinski definition) is 2. The Morgan fingerprint density at radius 3 is 2.93 bits per heavy atom. The molecule has 0 aliphatic carbocycles. The van der Waals surface area contributed by atoms with Crippen LogP contribution in [0.4, 0.5) is 5.82 Å². The van der Waals surface area contributed by atoms with Gasteiger partial charge in [0.2, 0.25) is 12.3 Å². The maximum absolute atomic E-state index is 11.6. The summed E-state index contributed by atoms with van der Waals surface area (Å²) in [5, 5.41) is 11.6. The predicted molar refractivity (Wildman–Crippen MR) is 107 cm³/mol. The number of anilines is 1. The smallest absolute Gasteiger partial charge is 0.221 e. The van der Waals surface area contributed by atoms with Crippen LogP contribution >= 0.6 is 0 Å². The number of benzene rings is 1. The van der Waals surface area contributed by atoms with E-state index in [1.807, 2.05) is 11.7 Å². The summed E-state index contributed by atoms with van der Waals surface area (Å²) in [6, 6.07) is 6.40. The van der Waals surface area contributed by atoms with Crippen molar-refractivity contribution in [2.45, 2.75) is 44.6 Å². The third kappa shape index (κ3) is 4.13. The first-order chi connectivity index (χ1) is 12.8. The Balaban J connectivity index is 1.89. The minimum absolute atomic E-state index is 0.0992. The van der Waals surface area contributed by atoms with Gasteiger partial charge < -0.3 is 10.6 Å². The van der Waals surface area contributed by atoms with Crippen molar-refractivity contribution in [2.75, 3.05) is 25.0 Å². The van der Waals surface area contributed by atoms with E-state index in [1.165, 1.54) is 10.5 Å². The monoisotopic (exact) mass is 371 g/mol. The number of fused-ring (bicyclic) bond motifs is 1. The Kier molecular flexibility index (Phi) is 5.51. The van der Waals surface area contributed by atoms with Crippen LogP contribution in [0.25, 0.3) is 10.9 Å².